The minimum Gasteiger partial charge on any atom is -0.406 e. The average Bonchev–Trinajstić information content (AvgIpc) is 2.61. The molecule has 3 rings (SSSR count). The lowest BCUT2D eigenvalue weighted by Crippen LogP contribution is -2.49. The summed E-state index contributed by atoms with van der Waals surface area (Å²) in [5, 5.41) is 0. The summed E-state index contributed by atoms with van der Waals surface area (Å²) in [5.41, 5.74) is 0.770. The van der Waals surface area contributed by atoms with E-state index in [1.807, 2.05) is 4.90 Å². The molecule has 0 saturated carbocycles. The molecule has 0 spiro atoms. The second-order valence-corrected chi connectivity index (χ2v) is 5.80. The van der Waals surface area contributed by atoms with Gasteiger partial charge >= 0.3 is 6.36 Å². The number of piperazine rings is 1. The van der Waals surface area contributed by atoms with E-state index in [1.54, 1.807) is 23.1 Å². The van der Waals surface area contributed by atoms with Gasteiger partial charge in [-0.3, -0.25) is 4.79 Å². The Morgan fingerprint density at radius 1 is 0.923 bits per heavy atom. The fourth-order valence-corrected chi connectivity index (χ4v) is 2.84. The molecule has 1 aliphatic rings. The summed E-state index contributed by atoms with van der Waals surface area (Å²) in [6, 6.07) is 11.3. The fraction of sp³-hybridized carbons (Fsp3) is 0.278. The summed E-state index contributed by atoms with van der Waals surface area (Å²) in [6.07, 6.45) is -4.77. The van der Waals surface area contributed by atoms with Crippen LogP contribution < -0.4 is 9.64 Å². The van der Waals surface area contributed by atoms with Crippen molar-refractivity contribution < 1.29 is 27.1 Å². The van der Waals surface area contributed by atoms with Gasteiger partial charge in [0.15, 0.2) is 0 Å². The molecular formula is C18H16F4N2O2. The predicted molar refractivity (Wildman–Crippen MR) is 87.6 cm³/mol. The second-order valence-electron chi connectivity index (χ2n) is 5.80. The van der Waals surface area contributed by atoms with Gasteiger partial charge in [0, 0.05) is 31.7 Å². The van der Waals surface area contributed by atoms with Gasteiger partial charge in [0.2, 0.25) is 0 Å². The fourth-order valence-electron chi connectivity index (χ4n) is 2.84. The van der Waals surface area contributed by atoms with Crippen LogP contribution in [0.15, 0.2) is 48.5 Å². The number of ether oxygens (including phenoxy) is 1. The first-order valence-electron chi connectivity index (χ1n) is 7.98. The molecule has 2 aromatic rings. The van der Waals surface area contributed by atoms with Crippen LogP contribution >= 0.6 is 0 Å². The Kier molecular flexibility index (Phi) is 5.01. The summed E-state index contributed by atoms with van der Waals surface area (Å²) in [6.45, 7) is 1.74. The van der Waals surface area contributed by atoms with Gasteiger partial charge in [0.05, 0.1) is 5.69 Å². The minimum absolute atomic E-state index is 0.277. The molecule has 0 unspecified atom stereocenters. The summed E-state index contributed by atoms with van der Waals surface area (Å²) in [4.78, 5) is 15.9. The van der Waals surface area contributed by atoms with Crippen molar-refractivity contribution in [3.8, 4) is 5.75 Å². The lowest BCUT2D eigenvalue weighted by atomic mass is 10.1. The number of alkyl halides is 3. The largest absolute Gasteiger partial charge is 0.573 e. The zero-order valence-electron chi connectivity index (χ0n) is 13.7. The van der Waals surface area contributed by atoms with Gasteiger partial charge in [-0.1, -0.05) is 12.1 Å². The van der Waals surface area contributed by atoms with Gasteiger partial charge in [-0.25, -0.2) is 4.39 Å². The van der Waals surface area contributed by atoms with Crippen LogP contribution in [0.25, 0.3) is 0 Å². The van der Waals surface area contributed by atoms with Crippen molar-refractivity contribution in [3.05, 3.63) is 59.9 Å². The summed E-state index contributed by atoms with van der Waals surface area (Å²) in [7, 11) is 0. The Bertz CT molecular complexity index is 770. The van der Waals surface area contributed by atoms with Crippen LogP contribution in [-0.4, -0.2) is 43.3 Å². The Balaban J connectivity index is 1.61. The number of benzene rings is 2. The van der Waals surface area contributed by atoms with Gasteiger partial charge in [0.1, 0.15) is 11.6 Å². The first-order chi connectivity index (χ1) is 12.3. The zero-order valence-corrected chi connectivity index (χ0v) is 13.7. The van der Waals surface area contributed by atoms with Crippen molar-refractivity contribution in [1.29, 1.82) is 0 Å². The predicted octanol–water partition coefficient (Wildman–Crippen LogP) is 3.69. The molecule has 0 atom stereocenters. The number of carbonyl (C=O) groups is 1. The third-order valence-electron chi connectivity index (χ3n) is 4.09. The Morgan fingerprint density at radius 2 is 1.54 bits per heavy atom. The molecule has 1 amide bonds. The molecule has 8 heteroatoms. The molecule has 0 aromatic heterocycles. The Hall–Kier alpha value is -2.77. The summed E-state index contributed by atoms with van der Waals surface area (Å²) >= 11 is 0. The quantitative estimate of drug-likeness (QED) is 0.775. The molecule has 1 fully saturated rings. The molecule has 138 valence electrons. The van der Waals surface area contributed by atoms with Crippen molar-refractivity contribution >= 4 is 11.6 Å². The van der Waals surface area contributed by atoms with Crippen molar-refractivity contribution in [3.63, 3.8) is 0 Å². The molecule has 1 heterocycles. The van der Waals surface area contributed by atoms with Gasteiger partial charge in [-0.2, -0.15) is 0 Å². The van der Waals surface area contributed by atoms with E-state index in [9.17, 15) is 22.4 Å². The molecule has 4 nitrogen and oxygen atoms in total. The number of hydrogen-bond acceptors (Lipinski definition) is 3. The van der Waals surface area contributed by atoms with E-state index in [0.717, 1.165) is 12.1 Å². The number of nitrogens with zero attached hydrogens (tertiary/aromatic N) is 2. The van der Waals surface area contributed by atoms with E-state index in [0.29, 0.717) is 31.9 Å². The monoisotopic (exact) mass is 368 g/mol. The lowest BCUT2D eigenvalue weighted by Gasteiger charge is -2.36. The normalized spacial score (nSPS) is 15.1. The van der Waals surface area contributed by atoms with Crippen LogP contribution in [0.5, 0.6) is 5.75 Å². The SMILES string of the molecule is O=C(c1ccc(OC(F)(F)F)cc1)N1CCN(c2ccccc2F)CC1. The zero-order chi connectivity index (χ0) is 18.7. The third-order valence-corrected chi connectivity index (χ3v) is 4.09. The Labute approximate surface area is 147 Å². The third kappa shape index (κ3) is 4.25. The minimum atomic E-state index is -4.77. The molecule has 26 heavy (non-hydrogen) atoms. The smallest absolute Gasteiger partial charge is 0.406 e. The molecule has 2 aromatic carbocycles. The molecule has 1 aliphatic heterocycles. The van der Waals surface area contributed by atoms with Crippen LogP contribution in [0.3, 0.4) is 0 Å². The first-order valence-corrected chi connectivity index (χ1v) is 7.98. The van der Waals surface area contributed by atoms with Crippen LogP contribution in [0.1, 0.15) is 10.4 Å². The molecule has 0 aliphatic carbocycles. The maximum Gasteiger partial charge on any atom is 0.573 e. The van der Waals surface area contributed by atoms with Gasteiger partial charge < -0.3 is 14.5 Å². The van der Waals surface area contributed by atoms with E-state index in [-0.39, 0.29) is 23.0 Å². The highest BCUT2D eigenvalue weighted by atomic mass is 19.4. The van der Waals surface area contributed by atoms with E-state index in [2.05, 4.69) is 4.74 Å². The summed E-state index contributed by atoms with van der Waals surface area (Å²) in [5.74, 6) is -0.970. The molecule has 0 radical (unpaired) electrons. The number of amides is 1. The topological polar surface area (TPSA) is 32.8 Å². The van der Waals surface area contributed by atoms with Crippen molar-refractivity contribution in [2.24, 2.45) is 0 Å². The second kappa shape index (κ2) is 7.23. The number of anilines is 1. The van der Waals surface area contributed by atoms with Crippen molar-refractivity contribution in [1.82, 2.24) is 4.90 Å². The first kappa shape index (κ1) is 18.0. The number of carbonyl (C=O) groups excluding carboxylic acids is 1. The Morgan fingerprint density at radius 3 is 2.12 bits per heavy atom. The molecule has 1 saturated heterocycles. The number of hydrogen-bond donors (Lipinski definition) is 0. The average molecular weight is 368 g/mol. The number of rotatable bonds is 3. The van der Waals surface area contributed by atoms with Crippen LogP contribution in [-0.2, 0) is 0 Å². The van der Waals surface area contributed by atoms with E-state index >= 15 is 0 Å². The van der Waals surface area contributed by atoms with Crippen LogP contribution in [0.2, 0.25) is 0 Å². The highest BCUT2D eigenvalue weighted by Crippen LogP contribution is 2.24. The number of para-hydroxylation sites is 1. The van der Waals surface area contributed by atoms with Gasteiger partial charge in [-0.15, -0.1) is 13.2 Å². The van der Waals surface area contributed by atoms with E-state index < -0.39 is 6.36 Å². The maximum absolute atomic E-state index is 13.8. The summed E-state index contributed by atoms with van der Waals surface area (Å²) < 4.78 is 54.1. The van der Waals surface area contributed by atoms with Gasteiger partial charge in [-0.05, 0) is 36.4 Å². The highest BCUT2D eigenvalue weighted by Gasteiger charge is 2.31. The highest BCUT2D eigenvalue weighted by molar-refractivity contribution is 5.94. The lowest BCUT2D eigenvalue weighted by molar-refractivity contribution is -0.274. The standard InChI is InChI=1S/C18H16F4N2O2/c19-15-3-1-2-4-16(15)23-9-11-24(12-10-23)17(25)13-5-7-14(8-6-13)26-18(20,21)22/h1-8H,9-12H2. The maximum atomic E-state index is 13.8. The van der Waals surface area contributed by atoms with E-state index in [1.165, 1.54) is 18.2 Å². The van der Waals surface area contributed by atoms with E-state index in [4.69, 9.17) is 0 Å². The van der Waals surface area contributed by atoms with Crippen LogP contribution in [0.4, 0.5) is 23.2 Å². The number of halogens is 4. The molecular weight excluding hydrogens is 352 g/mol. The van der Waals surface area contributed by atoms with Crippen LogP contribution in [0, 0.1) is 5.82 Å². The van der Waals surface area contributed by atoms with Gasteiger partial charge in [0.25, 0.3) is 5.91 Å². The molecule has 0 N–H and O–H groups in total. The van der Waals surface area contributed by atoms with Crippen molar-refractivity contribution in [2.75, 3.05) is 31.1 Å². The molecule has 0 bridgehead atoms. The van der Waals surface area contributed by atoms with Crippen molar-refractivity contribution in [2.45, 2.75) is 6.36 Å².